The topological polar surface area (TPSA) is 93.1 Å². The van der Waals surface area contributed by atoms with Crippen molar-refractivity contribution in [3.8, 4) is 11.1 Å². The zero-order valence-electron chi connectivity index (χ0n) is 17.2. The Balaban J connectivity index is 1.89. The lowest BCUT2D eigenvalue weighted by molar-refractivity contribution is -0.114. The van der Waals surface area contributed by atoms with Gasteiger partial charge in [0.2, 0.25) is 5.91 Å². The average molecular weight is 435 g/mol. The molecular weight excluding hydrogens is 412 g/mol. The summed E-state index contributed by atoms with van der Waals surface area (Å²) in [5, 5.41) is 6.72. The van der Waals surface area contributed by atoms with Gasteiger partial charge < -0.3 is 10.6 Å². The summed E-state index contributed by atoms with van der Waals surface area (Å²) in [6.45, 7) is 1.99. The highest BCUT2D eigenvalue weighted by Crippen LogP contribution is 2.31. The van der Waals surface area contributed by atoms with Gasteiger partial charge in [0.05, 0.1) is 5.52 Å². The number of carbonyl (C=O) groups excluding carboxylic acids is 1. The van der Waals surface area contributed by atoms with E-state index in [-0.39, 0.29) is 10.8 Å². The lowest BCUT2D eigenvalue weighted by Crippen LogP contribution is -2.12. The fourth-order valence-electron chi connectivity index (χ4n) is 3.57. The molecule has 0 aliphatic carbocycles. The van der Waals surface area contributed by atoms with Gasteiger partial charge in [-0.2, -0.15) is 0 Å². The zero-order valence-corrected chi connectivity index (χ0v) is 18.0. The standard InChI is InChI=1S/C23H22N4O3S/c1-16(28)26-20-6-3-5-17(11-20)18-8-9-22-19(13-24-2)15-27(23(22)12-18)31(29,30)21-7-4-10-25-14-21/h3-12,14-15,24H,13H2,1-2H3,(H,26,28). The molecule has 0 unspecified atom stereocenters. The van der Waals surface area contributed by atoms with Crippen LogP contribution in [0, 0.1) is 0 Å². The van der Waals surface area contributed by atoms with Crippen molar-refractivity contribution in [3.63, 3.8) is 0 Å². The van der Waals surface area contributed by atoms with Gasteiger partial charge in [-0.1, -0.05) is 24.3 Å². The van der Waals surface area contributed by atoms with Crippen molar-refractivity contribution in [1.29, 1.82) is 0 Å². The molecule has 158 valence electrons. The van der Waals surface area contributed by atoms with Crippen molar-refractivity contribution in [2.45, 2.75) is 18.4 Å². The van der Waals surface area contributed by atoms with Crippen molar-refractivity contribution < 1.29 is 13.2 Å². The van der Waals surface area contributed by atoms with E-state index >= 15 is 0 Å². The number of hydrogen-bond acceptors (Lipinski definition) is 5. The first-order valence-electron chi connectivity index (χ1n) is 9.72. The van der Waals surface area contributed by atoms with Crippen LogP contribution >= 0.6 is 0 Å². The molecule has 2 aromatic carbocycles. The Morgan fingerprint density at radius 1 is 1.06 bits per heavy atom. The molecule has 0 saturated heterocycles. The highest BCUT2D eigenvalue weighted by atomic mass is 32.2. The maximum absolute atomic E-state index is 13.3. The summed E-state index contributed by atoms with van der Waals surface area (Å²) in [6, 6.07) is 16.3. The summed E-state index contributed by atoms with van der Waals surface area (Å²) in [7, 11) is -2.00. The third-order valence-electron chi connectivity index (χ3n) is 4.93. The van der Waals surface area contributed by atoms with Crippen molar-refractivity contribution in [2.75, 3.05) is 12.4 Å². The minimum atomic E-state index is -3.82. The van der Waals surface area contributed by atoms with Crippen LogP contribution in [0.25, 0.3) is 22.0 Å². The molecule has 4 aromatic rings. The molecule has 0 aliphatic rings. The molecule has 8 heteroatoms. The summed E-state index contributed by atoms with van der Waals surface area (Å²) >= 11 is 0. The lowest BCUT2D eigenvalue weighted by Gasteiger charge is -2.09. The number of fused-ring (bicyclic) bond motifs is 1. The second-order valence-electron chi connectivity index (χ2n) is 7.17. The van der Waals surface area contributed by atoms with E-state index in [1.807, 2.05) is 49.5 Å². The van der Waals surface area contributed by atoms with Gasteiger partial charge in [-0.05, 0) is 54.1 Å². The van der Waals surface area contributed by atoms with Gasteiger partial charge in [-0.3, -0.25) is 9.78 Å². The number of rotatable bonds is 6. The number of nitrogens with zero attached hydrogens (tertiary/aromatic N) is 2. The van der Waals surface area contributed by atoms with Gasteiger partial charge in [-0.15, -0.1) is 0 Å². The second kappa shape index (κ2) is 8.33. The Morgan fingerprint density at radius 2 is 1.87 bits per heavy atom. The van der Waals surface area contributed by atoms with Gasteiger partial charge in [0.1, 0.15) is 4.90 Å². The van der Waals surface area contributed by atoms with E-state index in [2.05, 4.69) is 15.6 Å². The molecule has 0 fully saturated rings. The zero-order chi connectivity index (χ0) is 22.0. The van der Waals surface area contributed by atoms with Crippen LogP contribution in [0.2, 0.25) is 0 Å². The summed E-state index contributed by atoms with van der Waals surface area (Å²) < 4.78 is 28.0. The van der Waals surface area contributed by atoms with E-state index in [0.717, 1.165) is 22.1 Å². The van der Waals surface area contributed by atoms with E-state index in [9.17, 15) is 13.2 Å². The summed E-state index contributed by atoms with van der Waals surface area (Å²) in [5.41, 5.74) is 3.85. The van der Waals surface area contributed by atoms with E-state index in [1.165, 1.54) is 23.2 Å². The summed E-state index contributed by atoms with van der Waals surface area (Å²) in [6.07, 6.45) is 4.54. The van der Waals surface area contributed by atoms with Crippen LogP contribution in [0.15, 0.2) is 78.1 Å². The molecular formula is C23H22N4O3S. The van der Waals surface area contributed by atoms with Crippen LogP contribution in [0.5, 0.6) is 0 Å². The molecule has 2 N–H and O–H groups in total. The average Bonchev–Trinajstić information content (AvgIpc) is 3.13. The number of aromatic nitrogens is 2. The summed E-state index contributed by atoms with van der Waals surface area (Å²) in [4.78, 5) is 15.5. The first kappa shape index (κ1) is 20.8. The lowest BCUT2D eigenvalue weighted by atomic mass is 10.0. The number of carbonyl (C=O) groups is 1. The number of hydrogen-bond donors (Lipinski definition) is 2. The molecule has 0 radical (unpaired) electrons. The van der Waals surface area contributed by atoms with Crippen molar-refractivity contribution >= 4 is 32.5 Å². The number of amides is 1. The minimum absolute atomic E-state index is 0.126. The third kappa shape index (κ3) is 4.08. The quantitative estimate of drug-likeness (QED) is 0.484. The molecule has 0 spiro atoms. The predicted octanol–water partition coefficient (Wildman–Crippen LogP) is 3.62. The monoisotopic (exact) mass is 434 g/mol. The molecule has 1 amide bonds. The molecule has 2 aromatic heterocycles. The first-order chi connectivity index (χ1) is 14.9. The molecule has 0 atom stereocenters. The Labute approximate surface area is 180 Å². The Hall–Kier alpha value is -3.49. The van der Waals surface area contributed by atoms with Crippen LogP contribution < -0.4 is 10.6 Å². The number of nitrogens with one attached hydrogen (secondary N) is 2. The highest BCUT2D eigenvalue weighted by Gasteiger charge is 2.21. The Bertz CT molecular complexity index is 1360. The SMILES string of the molecule is CNCc1cn(S(=O)(=O)c2cccnc2)c2cc(-c3cccc(NC(C)=O)c3)ccc12. The largest absolute Gasteiger partial charge is 0.326 e. The van der Waals surface area contributed by atoms with E-state index in [1.54, 1.807) is 18.5 Å². The summed E-state index contributed by atoms with van der Waals surface area (Å²) in [5.74, 6) is -0.152. The van der Waals surface area contributed by atoms with Crippen LogP contribution in [-0.4, -0.2) is 30.3 Å². The van der Waals surface area contributed by atoms with Crippen molar-refractivity contribution in [2.24, 2.45) is 0 Å². The van der Waals surface area contributed by atoms with Gasteiger partial charge in [-0.25, -0.2) is 12.4 Å². The molecule has 7 nitrogen and oxygen atoms in total. The molecule has 31 heavy (non-hydrogen) atoms. The van der Waals surface area contributed by atoms with Crippen LogP contribution in [0.1, 0.15) is 12.5 Å². The first-order valence-corrected chi connectivity index (χ1v) is 11.2. The molecule has 2 heterocycles. The fourth-order valence-corrected chi connectivity index (χ4v) is 4.92. The van der Waals surface area contributed by atoms with E-state index < -0.39 is 10.0 Å². The van der Waals surface area contributed by atoms with Gasteiger partial charge in [0.15, 0.2) is 0 Å². The van der Waals surface area contributed by atoms with Crippen LogP contribution in [-0.2, 0) is 21.4 Å². The number of anilines is 1. The molecule has 0 bridgehead atoms. The maximum Gasteiger partial charge on any atom is 0.269 e. The van der Waals surface area contributed by atoms with Gasteiger partial charge in [0.25, 0.3) is 10.0 Å². The van der Waals surface area contributed by atoms with Crippen LogP contribution in [0.4, 0.5) is 5.69 Å². The van der Waals surface area contributed by atoms with Crippen molar-refractivity contribution in [1.82, 2.24) is 14.3 Å². The van der Waals surface area contributed by atoms with E-state index in [4.69, 9.17) is 0 Å². The van der Waals surface area contributed by atoms with E-state index in [0.29, 0.717) is 17.7 Å². The Morgan fingerprint density at radius 3 is 2.58 bits per heavy atom. The minimum Gasteiger partial charge on any atom is -0.326 e. The Kier molecular flexibility index (Phi) is 5.58. The third-order valence-corrected chi connectivity index (χ3v) is 6.59. The van der Waals surface area contributed by atoms with Gasteiger partial charge in [0, 0.05) is 43.1 Å². The second-order valence-corrected chi connectivity index (χ2v) is 8.98. The highest BCUT2D eigenvalue weighted by molar-refractivity contribution is 7.90. The normalized spacial score (nSPS) is 11.5. The smallest absolute Gasteiger partial charge is 0.269 e. The molecule has 0 aliphatic heterocycles. The predicted molar refractivity (Wildman–Crippen MR) is 121 cm³/mol. The molecule has 0 saturated carbocycles. The van der Waals surface area contributed by atoms with Crippen LogP contribution in [0.3, 0.4) is 0 Å². The fraction of sp³-hybridized carbons (Fsp3) is 0.130. The number of benzene rings is 2. The van der Waals surface area contributed by atoms with Crippen molar-refractivity contribution in [3.05, 3.63) is 78.8 Å². The number of pyridine rings is 1. The van der Waals surface area contributed by atoms with Gasteiger partial charge >= 0.3 is 0 Å². The molecule has 4 rings (SSSR count). The maximum atomic E-state index is 13.3.